The molecule has 5 nitrogen and oxygen atoms in total. The molecule has 0 radical (unpaired) electrons. The second-order valence-electron chi connectivity index (χ2n) is 5.93. The van der Waals surface area contributed by atoms with Crippen molar-refractivity contribution >= 4 is 11.9 Å². The van der Waals surface area contributed by atoms with E-state index in [-0.39, 0.29) is 23.6 Å². The molecule has 1 aromatic rings. The van der Waals surface area contributed by atoms with Gasteiger partial charge in [0, 0.05) is 18.2 Å². The maximum atomic E-state index is 12.6. The maximum Gasteiger partial charge on any atom is 0.306 e. The van der Waals surface area contributed by atoms with Gasteiger partial charge in [-0.25, -0.2) is 0 Å². The number of hydrogen-bond acceptors (Lipinski definition) is 3. The number of aromatic hydroxyl groups is 1. The zero-order valence-corrected chi connectivity index (χ0v) is 11.8. The summed E-state index contributed by atoms with van der Waals surface area (Å²) in [4.78, 5) is 25.4. The normalized spacial score (nSPS) is 25.5. The van der Waals surface area contributed by atoms with Gasteiger partial charge in [-0.15, -0.1) is 0 Å². The van der Waals surface area contributed by atoms with Crippen LogP contribution in [0.2, 0.25) is 0 Å². The van der Waals surface area contributed by atoms with Crippen LogP contribution in [-0.4, -0.2) is 39.6 Å². The van der Waals surface area contributed by atoms with Crippen molar-refractivity contribution in [3.05, 3.63) is 29.3 Å². The fraction of sp³-hybridized carbons (Fsp3) is 0.500. The first-order chi connectivity index (χ1) is 10.1. The predicted molar refractivity (Wildman–Crippen MR) is 76.2 cm³/mol. The highest BCUT2D eigenvalue weighted by molar-refractivity contribution is 5.97. The molecule has 0 aromatic heterocycles. The number of benzene rings is 1. The Bertz CT molecular complexity index is 576. The number of carbonyl (C=O) groups is 2. The Morgan fingerprint density at radius 1 is 1.19 bits per heavy atom. The lowest BCUT2D eigenvalue weighted by molar-refractivity contribution is -0.143. The summed E-state index contributed by atoms with van der Waals surface area (Å²) in [5.41, 5.74) is 1.56. The van der Waals surface area contributed by atoms with Gasteiger partial charge >= 0.3 is 5.97 Å². The fourth-order valence-corrected chi connectivity index (χ4v) is 3.48. The first-order valence-corrected chi connectivity index (χ1v) is 7.42. The average molecular weight is 289 g/mol. The number of carboxylic acid groups (broad SMARTS) is 1. The molecule has 112 valence electrons. The van der Waals surface area contributed by atoms with Crippen LogP contribution in [0.3, 0.4) is 0 Å². The summed E-state index contributed by atoms with van der Waals surface area (Å²) in [6, 6.07) is 5.03. The lowest BCUT2D eigenvalue weighted by atomic mass is 9.84. The van der Waals surface area contributed by atoms with Crippen molar-refractivity contribution in [3.63, 3.8) is 0 Å². The van der Waals surface area contributed by atoms with Crippen LogP contribution in [0.1, 0.15) is 41.6 Å². The summed E-state index contributed by atoms with van der Waals surface area (Å²) < 4.78 is 0. The number of amides is 1. The van der Waals surface area contributed by atoms with Crippen molar-refractivity contribution in [1.29, 1.82) is 0 Å². The molecule has 21 heavy (non-hydrogen) atoms. The second kappa shape index (κ2) is 5.39. The van der Waals surface area contributed by atoms with Crippen LogP contribution >= 0.6 is 0 Å². The molecule has 0 atom stereocenters. The number of nitrogens with zero attached hydrogens (tertiary/aromatic N) is 1. The average Bonchev–Trinajstić information content (AvgIpc) is 2.47. The number of carboxylic acids is 1. The lowest BCUT2D eigenvalue weighted by Crippen LogP contribution is -2.46. The first kappa shape index (κ1) is 13.9. The van der Waals surface area contributed by atoms with E-state index in [0.29, 0.717) is 24.9 Å². The van der Waals surface area contributed by atoms with Crippen LogP contribution in [0.25, 0.3) is 0 Å². The molecule has 1 heterocycles. The molecule has 2 N–H and O–H groups in total. The minimum Gasteiger partial charge on any atom is -0.508 e. The van der Waals surface area contributed by atoms with Gasteiger partial charge in [0.2, 0.25) is 0 Å². The number of rotatable bonds is 2. The Hall–Kier alpha value is -2.04. The Balaban J connectivity index is 1.73. The number of phenolic OH excluding ortho intramolecular Hbond substituents is 1. The number of phenols is 1. The Labute approximate surface area is 123 Å². The molecule has 0 spiro atoms. The third-order valence-electron chi connectivity index (χ3n) is 4.69. The van der Waals surface area contributed by atoms with Crippen molar-refractivity contribution < 1.29 is 19.8 Å². The lowest BCUT2D eigenvalue weighted by Gasteiger charge is -2.38. The maximum absolute atomic E-state index is 12.6. The largest absolute Gasteiger partial charge is 0.508 e. The number of hydrogen-bond donors (Lipinski definition) is 2. The summed E-state index contributed by atoms with van der Waals surface area (Å²) in [5, 5.41) is 18.5. The van der Waals surface area contributed by atoms with E-state index in [1.807, 2.05) is 4.90 Å². The van der Waals surface area contributed by atoms with Crippen molar-refractivity contribution in [3.8, 4) is 5.75 Å². The molecule has 2 aliphatic rings. The molecule has 1 aliphatic carbocycles. The minimum absolute atomic E-state index is 0.00928. The minimum atomic E-state index is -0.723. The third-order valence-corrected chi connectivity index (χ3v) is 4.69. The molecule has 1 amide bonds. The van der Waals surface area contributed by atoms with Crippen molar-refractivity contribution in [1.82, 2.24) is 4.90 Å². The van der Waals surface area contributed by atoms with E-state index in [9.17, 15) is 14.7 Å². The first-order valence-electron chi connectivity index (χ1n) is 7.42. The van der Waals surface area contributed by atoms with E-state index in [1.165, 1.54) is 0 Å². The van der Waals surface area contributed by atoms with Crippen LogP contribution in [0, 0.1) is 5.92 Å². The van der Waals surface area contributed by atoms with Crippen LogP contribution in [0.5, 0.6) is 5.75 Å². The predicted octanol–water partition coefficient (Wildman–Crippen LogP) is 2.03. The zero-order valence-electron chi connectivity index (χ0n) is 11.8. The molecule has 0 bridgehead atoms. The summed E-state index contributed by atoms with van der Waals surface area (Å²) in [6.45, 7) is 0.650. The van der Waals surface area contributed by atoms with Gasteiger partial charge in [-0.3, -0.25) is 9.59 Å². The number of carbonyl (C=O) groups excluding carboxylic acids is 1. The van der Waals surface area contributed by atoms with Crippen molar-refractivity contribution in [2.45, 2.75) is 38.1 Å². The Morgan fingerprint density at radius 2 is 1.90 bits per heavy atom. The zero-order chi connectivity index (χ0) is 15.0. The van der Waals surface area contributed by atoms with E-state index in [2.05, 4.69) is 0 Å². The standard InChI is InChI=1S/C16H19NO4/c18-13-5-6-14-11(9-13)7-8-17(15(14)19)12-3-1-10(2-4-12)16(20)21/h5-6,9-10,12,18H,1-4,7-8H2,(H,20,21)/t10-,12-. The molecule has 1 saturated carbocycles. The Morgan fingerprint density at radius 3 is 2.57 bits per heavy atom. The number of aliphatic carboxylic acids is 1. The van der Waals surface area contributed by atoms with Crippen LogP contribution in [-0.2, 0) is 11.2 Å². The fourth-order valence-electron chi connectivity index (χ4n) is 3.48. The number of fused-ring (bicyclic) bond motifs is 1. The highest BCUT2D eigenvalue weighted by Gasteiger charge is 2.34. The third kappa shape index (κ3) is 2.60. The van der Waals surface area contributed by atoms with Crippen molar-refractivity contribution in [2.75, 3.05) is 6.54 Å². The quantitative estimate of drug-likeness (QED) is 0.873. The molecular weight excluding hydrogens is 270 g/mol. The van der Waals surface area contributed by atoms with E-state index in [4.69, 9.17) is 5.11 Å². The molecule has 3 rings (SSSR count). The summed E-state index contributed by atoms with van der Waals surface area (Å²) >= 11 is 0. The monoisotopic (exact) mass is 289 g/mol. The van der Waals surface area contributed by atoms with Crippen LogP contribution in [0.15, 0.2) is 18.2 Å². The van der Waals surface area contributed by atoms with Gasteiger partial charge in [0.25, 0.3) is 5.91 Å². The Kier molecular flexibility index (Phi) is 3.57. The topological polar surface area (TPSA) is 77.8 Å². The van der Waals surface area contributed by atoms with E-state index >= 15 is 0 Å². The van der Waals surface area contributed by atoms with Gasteiger partial charge in [0.1, 0.15) is 5.75 Å². The van der Waals surface area contributed by atoms with Gasteiger partial charge in [0.05, 0.1) is 5.92 Å². The smallest absolute Gasteiger partial charge is 0.306 e. The van der Waals surface area contributed by atoms with Gasteiger partial charge in [0.15, 0.2) is 0 Å². The van der Waals surface area contributed by atoms with Gasteiger partial charge in [-0.2, -0.15) is 0 Å². The van der Waals surface area contributed by atoms with E-state index in [0.717, 1.165) is 24.8 Å². The summed E-state index contributed by atoms with van der Waals surface area (Å²) in [5.74, 6) is -0.781. The van der Waals surface area contributed by atoms with E-state index < -0.39 is 5.97 Å². The molecule has 5 heteroatoms. The molecule has 0 saturated heterocycles. The molecule has 1 aliphatic heterocycles. The highest BCUT2D eigenvalue weighted by atomic mass is 16.4. The van der Waals surface area contributed by atoms with Crippen LogP contribution < -0.4 is 0 Å². The summed E-state index contributed by atoms with van der Waals surface area (Å²) in [6.07, 6.45) is 3.55. The molecular formula is C16H19NO4. The van der Waals surface area contributed by atoms with E-state index in [1.54, 1.807) is 18.2 Å². The van der Waals surface area contributed by atoms with Gasteiger partial charge < -0.3 is 15.1 Å². The highest BCUT2D eigenvalue weighted by Crippen LogP contribution is 2.31. The summed E-state index contributed by atoms with van der Waals surface area (Å²) in [7, 11) is 0. The van der Waals surface area contributed by atoms with Gasteiger partial charge in [-0.05, 0) is 55.9 Å². The van der Waals surface area contributed by atoms with Crippen LogP contribution in [0.4, 0.5) is 0 Å². The van der Waals surface area contributed by atoms with Gasteiger partial charge in [-0.1, -0.05) is 0 Å². The van der Waals surface area contributed by atoms with Crippen molar-refractivity contribution in [2.24, 2.45) is 5.92 Å². The SMILES string of the molecule is O=C1c2ccc(O)cc2CCN1[C@H]1CC[C@H](C(=O)O)CC1. The second-order valence-corrected chi connectivity index (χ2v) is 5.93. The molecule has 1 aromatic carbocycles. The molecule has 1 fully saturated rings. The molecule has 0 unspecified atom stereocenters.